The van der Waals surface area contributed by atoms with Crippen LogP contribution in [0, 0.1) is 0 Å². The zero-order chi connectivity index (χ0) is 15.5. The molecule has 116 valence electrons. The second kappa shape index (κ2) is 10.7. The van der Waals surface area contributed by atoms with Crippen LogP contribution in [0.5, 0.6) is 0 Å². The Kier molecular flexibility index (Phi) is 9.21. The summed E-state index contributed by atoms with van der Waals surface area (Å²) in [5.74, 6) is 0.709. The predicted molar refractivity (Wildman–Crippen MR) is 92.0 cm³/mol. The van der Waals surface area contributed by atoms with E-state index in [-0.39, 0.29) is 5.97 Å². The van der Waals surface area contributed by atoms with Crippen LogP contribution in [0.3, 0.4) is 0 Å². The molecule has 0 amide bonds. The molecule has 1 aromatic rings. The van der Waals surface area contributed by atoms with Gasteiger partial charge >= 0.3 is 5.97 Å². The molecule has 2 N–H and O–H groups in total. The van der Waals surface area contributed by atoms with Gasteiger partial charge in [-0.15, -0.1) is 11.8 Å². The fourth-order valence-corrected chi connectivity index (χ4v) is 2.56. The summed E-state index contributed by atoms with van der Waals surface area (Å²) in [6, 6.07) is 7.75. The first-order chi connectivity index (χ1) is 10.1. The lowest BCUT2D eigenvalue weighted by Gasteiger charge is -2.10. The van der Waals surface area contributed by atoms with Crippen molar-refractivity contribution in [2.24, 2.45) is 0 Å². The zero-order valence-electron chi connectivity index (χ0n) is 11.9. The van der Waals surface area contributed by atoms with Gasteiger partial charge in [0.15, 0.2) is 5.11 Å². The van der Waals surface area contributed by atoms with E-state index in [1.54, 1.807) is 11.8 Å². The topological polar surface area (TPSA) is 50.4 Å². The summed E-state index contributed by atoms with van der Waals surface area (Å²) in [5, 5.41) is 7.53. The molecule has 7 heteroatoms. The summed E-state index contributed by atoms with van der Waals surface area (Å²) < 4.78 is 4.56. The fraction of sp³-hybridized carbons (Fsp3) is 0.429. The van der Waals surface area contributed by atoms with E-state index in [4.69, 9.17) is 23.8 Å². The standard InChI is InChI=1S/C14H19ClN2O2S2/c1-19-13(18)3-2-8-16-14(20)17-9-10-21-12-6-4-11(15)5-7-12/h4-7H,2-3,8-10H2,1H3,(H2,16,17,20). The van der Waals surface area contributed by atoms with E-state index < -0.39 is 0 Å². The van der Waals surface area contributed by atoms with Crippen molar-refractivity contribution in [3.05, 3.63) is 29.3 Å². The Morgan fingerprint density at radius 1 is 1.29 bits per heavy atom. The average molecular weight is 347 g/mol. The Hall–Kier alpha value is -0.980. The molecule has 0 aliphatic heterocycles. The van der Waals surface area contributed by atoms with Crippen molar-refractivity contribution in [3.63, 3.8) is 0 Å². The zero-order valence-corrected chi connectivity index (χ0v) is 14.2. The molecule has 0 saturated carbocycles. The molecule has 1 rings (SSSR count). The first-order valence-corrected chi connectivity index (χ1v) is 8.36. The molecule has 0 aromatic heterocycles. The second-order valence-corrected chi connectivity index (χ2v) is 6.18. The van der Waals surface area contributed by atoms with Crippen molar-refractivity contribution in [1.29, 1.82) is 0 Å². The number of carbonyl (C=O) groups excluding carboxylic acids is 1. The van der Waals surface area contributed by atoms with Gasteiger partial charge in [-0.3, -0.25) is 4.79 Å². The maximum atomic E-state index is 10.9. The Labute approximate surface area is 140 Å². The molecule has 0 aliphatic carbocycles. The highest BCUT2D eigenvalue weighted by Gasteiger charge is 2.00. The molecule has 1 aromatic carbocycles. The number of methoxy groups -OCH3 is 1. The van der Waals surface area contributed by atoms with E-state index in [0.29, 0.717) is 24.5 Å². The van der Waals surface area contributed by atoms with Crippen LogP contribution in [0.15, 0.2) is 29.2 Å². The Bertz CT molecular complexity index is 455. The minimum atomic E-state index is -0.199. The molecule has 0 bridgehead atoms. The van der Waals surface area contributed by atoms with E-state index in [1.165, 1.54) is 12.0 Å². The number of halogens is 1. The maximum absolute atomic E-state index is 10.9. The number of carbonyl (C=O) groups is 1. The highest BCUT2D eigenvalue weighted by atomic mass is 35.5. The van der Waals surface area contributed by atoms with Crippen LogP contribution in [0.1, 0.15) is 12.8 Å². The van der Waals surface area contributed by atoms with Gasteiger partial charge < -0.3 is 15.4 Å². The highest BCUT2D eigenvalue weighted by molar-refractivity contribution is 7.99. The van der Waals surface area contributed by atoms with Gasteiger partial charge in [0.2, 0.25) is 0 Å². The maximum Gasteiger partial charge on any atom is 0.305 e. The third-order valence-corrected chi connectivity index (χ3v) is 4.10. The van der Waals surface area contributed by atoms with Crippen LogP contribution in [-0.2, 0) is 9.53 Å². The van der Waals surface area contributed by atoms with Gasteiger partial charge in [0.05, 0.1) is 7.11 Å². The SMILES string of the molecule is COC(=O)CCCNC(=S)NCCSc1ccc(Cl)cc1. The third-order valence-electron chi connectivity index (χ3n) is 2.54. The molecule has 0 heterocycles. The van der Waals surface area contributed by atoms with E-state index in [9.17, 15) is 4.79 Å². The molecule has 0 aliphatic rings. The lowest BCUT2D eigenvalue weighted by molar-refractivity contribution is -0.140. The number of nitrogens with one attached hydrogen (secondary N) is 2. The van der Waals surface area contributed by atoms with Crippen LogP contribution in [-0.4, -0.2) is 37.0 Å². The van der Waals surface area contributed by atoms with Crippen LogP contribution < -0.4 is 10.6 Å². The summed E-state index contributed by atoms with van der Waals surface area (Å²) in [6.45, 7) is 1.43. The van der Waals surface area contributed by atoms with Crippen molar-refractivity contribution in [2.45, 2.75) is 17.7 Å². The van der Waals surface area contributed by atoms with Gasteiger partial charge in [0.25, 0.3) is 0 Å². The molecule has 0 radical (unpaired) electrons. The van der Waals surface area contributed by atoms with Crippen molar-refractivity contribution < 1.29 is 9.53 Å². The molecular formula is C14H19ClN2O2S2. The Balaban J connectivity index is 2.03. The van der Waals surface area contributed by atoms with Gasteiger partial charge in [-0.2, -0.15) is 0 Å². The summed E-state index contributed by atoms with van der Waals surface area (Å²) in [6.07, 6.45) is 1.10. The Morgan fingerprint density at radius 3 is 2.62 bits per heavy atom. The number of benzene rings is 1. The largest absolute Gasteiger partial charge is 0.469 e. The number of thioether (sulfide) groups is 1. The first-order valence-electron chi connectivity index (χ1n) is 6.58. The highest BCUT2D eigenvalue weighted by Crippen LogP contribution is 2.19. The van der Waals surface area contributed by atoms with E-state index in [2.05, 4.69) is 15.4 Å². The van der Waals surface area contributed by atoms with Gasteiger partial charge in [-0.25, -0.2) is 0 Å². The van der Waals surface area contributed by atoms with Gasteiger partial charge in [-0.05, 0) is 42.9 Å². The molecular weight excluding hydrogens is 328 g/mol. The predicted octanol–water partition coefficient (Wildman–Crippen LogP) is 2.85. The fourth-order valence-electron chi connectivity index (χ4n) is 1.46. The van der Waals surface area contributed by atoms with E-state index in [0.717, 1.165) is 17.3 Å². The summed E-state index contributed by atoms with van der Waals surface area (Å²) in [4.78, 5) is 12.1. The molecule has 0 saturated heterocycles. The number of ether oxygens (including phenoxy) is 1. The van der Waals surface area contributed by atoms with Crippen molar-refractivity contribution >= 4 is 46.7 Å². The second-order valence-electron chi connectivity index (χ2n) is 4.16. The molecule has 4 nitrogen and oxygen atoms in total. The van der Waals surface area contributed by atoms with Crippen LogP contribution in [0.4, 0.5) is 0 Å². The van der Waals surface area contributed by atoms with Crippen molar-refractivity contribution in [2.75, 3.05) is 26.0 Å². The molecule has 0 spiro atoms. The van der Waals surface area contributed by atoms with Crippen molar-refractivity contribution in [1.82, 2.24) is 10.6 Å². The van der Waals surface area contributed by atoms with Gasteiger partial charge in [0.1, 0.15) is 0 Å². The van der Waals surface area contributed by atoms with E-state index in [1.807, 2.05) is 24.3 Å². The smallest absolute Gasteiger partial charge is 0.305 e. The summed E-state index contributed by atoms with van der Waals surface area (Å²) in [5.41, 5.74) is 0. The Morgan fingerprint density at radius 2 is 1.95 bits per heavy atom. The van der Waals surface area contributed by atoms with Crippen molar-refractivity contribution in [3.8, 4) is 0 Å². The van der Waals surface area contributed by atoms with E-state index >= 15 is 0 Å². The van der Waals surface area contributed by atoms with Crippen LogP contribution in [0.2, 0.25) is 5.02 Å². The lowest BCUT2D eigenvalue weighted by Crippen LogP contribution is -2.37. The summed E-state index contributed by atoms with van der Waals surface area (Å²) >= 11 is 12.7. The van der Waals surface area contributed by atoms with Crippen LogP contribution in [0.25, 0.3) is 0 Å². The average Bonchev–Trinajstić information content (AvgIpc) is 2.49. The number of esters is 1. The van der Waals surface area contributed by atoms with Crippen LogP contribution >= 0.6 is 35.6 Å². The third kappa shape index (κ3) is 8.80. The molecule has 0 fully saturated rings. The monoisotopic (exact) mass is 346 g/mol. The quantitative estimate of drug-likeness (QED) is 0.327. The minimum Gasteiger partial charge on any atom is -0.469 e. The molecule has 0 atom stereocenters. The van der Waals surface area contributed by atoms with Gasteiger partial charge in [0, 0.05) is 35.2 Å². The molecule has 0 unspecified atom stereocenters. The molecule has 21 heavy (non-hydrogen) atoms. The number of hydrogen-bond donors (Lipinski definition) is 2. The normalized spacial score (nSPS) is 10.0. The number of hydrogen-bond acceptors (Lipinski definition) is 4. The lowest BCUT2D eigenvalue weighted by atomic mass is 10.3. The summed E-state index contributed by atoms with van der Waals surface area (Å²) in [7, 11) is 1.39. The first kappa shape index (κ1) is 18.1. The number of rotatable bonds is 8. The number of thiocarbonyl (C=S) groups is 1. The minimum absolute atomic E-state index is 0.199. The van der Waals surface area contributed by atoms with Gasteiger partial charge in [-0.1, -0.05) is 11.6 Å².